The summed E-state index contributed by atoms with van der Waals surface area (Å²) in [5, 5.41) is 6.89. The van der Waals surface area contributed by atoms with Gasteiger partial charge in [-0.1, -0.05) is 5.16 Å². The molecule has 3 heterocycles. The van der Waals surface area contributed by atoms with E-state index in [0.717, 1.165) is 50.2 Å². The number of nitrogens with zero attached hydrogens (tertiary/aromatic N) is 2. The third kappa shape index (κ3) is 3.13. The Morgan fingerprint density at radius 2 is 2.53 bits per heavy atom. The number of fused-ring (bicyclic) bond motifs is 1. The maximum atomic E-state index is 11.9. The van der Waals surface area contributed by atoms with Crippen LogP contribution >= 0.6 is 0 Å². The van der Waals surface area contributed by atoms with Crippen LogP contribution in [0.4, 0.5) is 0 Å². The molecule has 0 aliphatic carbocycles. The van der Waals surface area contributed by atoms with E-state index >= 15 is 0 Å². The van der Waals surface area contributed by atoms with E-state index in [2.05, 4.69) is 15.4 Å². The molecule has 2 aliphatic rings. The fourth-order valence-corrected chi connectivity index (χ4v) is 2.63. The van der Waals surface area contributed by atoms with Gasteiger partial charge in [0, 0.05) is 38.2 Å². The summed E-state index contributed by atoms with van der Waals surface area (Å²) in [7, 11) is 0. The zero-order valence-corrected chi connectivity index (χ0v) is 10.9. The molecule has 1 amide bonds. The first-order chi connectivity index (χ1) is 9.31. The summed E-state index contributed by atoms with van der Waals surface area (Å²) in [6, 6.07) is 0. The Balaban J connectivity index is 1.42. The number of hydrogen-bond donors (Lipinski definition) is 1. The highest BCUT2D eigenvalue weighted by atomic mass is 16.5. The summed E-state index contributed by atoms with van der Waals surface area (Å²) in [5.74, 6) is 0.0652. The zero-order chi connectivity index (χ0) is 13.1. The zero-order valence-electron chi connectivity index (χ0n) is 10.9. The molecule has 19 heavy (non-hydrogen) atoms. The maximum Gasteiger partial charge on any atom is 0.234 e. The molecule has 1 unspecified atom stereocenters. The fraction of sp³-hybridized carbons (Fsp3) is 0.692. The van der Waals surface area contributed by atoms with Crippen molar-refractivity contribution in [3.05, 3.63) is 17.5 Å². The van der Waals surface area contributed by atoms with Crippen LogP contribution in [-0.4, -0.2) is 48.3 Å². The molecule has 2 aliphatic heterocycles. The Morgan fingerprint density at radius 3 is 3.37 bits per heavy atom. The minimum absolute atomic E-state index is 0.0652. The van der Waals surface area contributed by atoms with Gasteiger partial charge >= 0.3 is 0 Å². The number of carbonyl (C=O) groups is 1. The standard InChI is InChI=1S/C13H19N3O3/c17-13(14-6-11-2-1-5-18-11)8-16-4-3-12-10(7-16)9-19-15-12/h9,11H,1-8H2,(H,14,17). The molecule has 6 heteroatoms. The van der Waals surface area contributed by atoms with Gasteiger partial charge in [0.25, 0.3) is 0 Å². The minimum atomic E-state index is 0.0652. The second kappa shape index (κ2) is 5.71. The van der Waals surface area contributed by atoms with Crippen molar-refractivity contribution >= 4 is 5.91 Å². The summed E-state index contributed by atoms with van der Waals surface area (Å²) in [4.78, 5) is 14.0. The summed E-state index contributed by atoms with van der Waals surface area (Å²) in [6.45, 7) is 3.48. The third-order valence-electron chi connectivity index (χ3n) is 3.71. The molecular weight excluding hydrogens is 246 g/mol. The molecule has 0 spiro atoms. The summed E-state index contributed by atoms with van der Waals surface area (Å²) >= 11 is 0. The van der Waals surface area contributed by atoms with Crippen LogP contribution in [0.25, 0.3) is 0 Å². The average Bonchev–Trinajstić information content (AvgIpc) is 3.07. The Morgan fingerprint density at radius 1 is 1.58 bits per heavy atom. The molecule has 104 valence electrons. The Labute approximate surface area is 112 Å². The largest absolute Gasteiger partial charge is 0.376 e. The maximum absolute atomic E-state index is 11.9. The number of carbonyl (C=O) groups excluding carboxylic acids is 1. The first-order valence-corrected chi connectivity index (χ1v) is 6.84. The average molecular weight is 265 g/mol. The summed E-state index contributed by atoms with van der Waals surface area (Å²) in [5.41, 5.74) is 2.12. The Kier molecular flexibility index (Phi) is 3.79. The van der Waals surface area contributed by atoms with Crippen LogP contribution < -0.4 is 5.32 Å². The smallest absolute Gasteiger partial charge is 0.234 e. The lowest BCUT2D eigenvalue weighted by molar-refractivity contribution is -0.123. The number of amides is 1. The fourth-order valence-electron chi connectivity index (χ4n) is 2.63. The van der Waals surface area contributed by atoms with Crippen LogP contribution in [0.2, 0.25) is 0 Å². The first kappa shape index (κ1) is 12.6. The molecule has 0 aromatic carbocycles. The van der Waals surface area contributed by atoms with E-state index in [0.29, 0.717) is 13.1 Å². The molecule has 1 aromatic rings. The molecule has 1 atom stereocenters. The molecule has 1 N–H and O–H groups in total. The van der Waals surface area contributed by atoms with E-state index in [4.69, 9.17) is 9.26 Å². The van der Waals surface area contributed by atoms with Crippen molar-refractivity contribution in [2.75, 3.05) is 26.2 Å². The number of ether oxygens (including phenoxy) is 1. The second-order valence-corrected chi connectivity index (χ2v) is 5.19. The van der Waals surface area contributed by atoms with E-state index in [9.17, 15) is 4.79 Å². The van der Waals surface area contributed by atoms with Crippen LogP contribution in [0.1, 0.15) is 24.1 Å². The first-order valence-electron chi connectivity index (χ1n) is 6.84. The van der Waals surface area contributed by atoms with Gasteiger partial charge < -0.3 is 14.6 Å². The lowest BCUT2D eigenvalue weighted by Gasteiger charge is -2.25. The summed E-state index contributed by atoms with van der Waals surface area (Å²) < 4.78 is 10.4. The van der Waals surface area contributed by atoms with Crippen LogP contribution in [0.5, 0.6) is 0 Å². The number of hydrogen-bond acceptors (Lipinski definition) is 5. The van der Waals surface area contributed by atoms with Crippen molar-refractivity contribution in [1.82, 2.24) is 15.4 Å². The predicted octanol–water partition coefficient (Wildman–Crippen LogP) is 0.328. The molecule has 0 radical (unpaired) electrons. The summed E-state index contributed by atoms with van der Waals surface area (Å²) in [6.07, 6.45) is 4.88. The van der Waals surface area contributed by atoms with Gasteiger partial charge in [0.2, 0.25) is 5.91 Å². The lowest BCUT2D eigenvalue weighted by atomic mass is 10.1. The monoisotopic (exact) mass is 265 g/mol. The van der Waals surface area contributed by atoms with E-state index in [1.807, 2.05) is 0 Å². The Bertz CT molecular complexity index is 440. The van der Waals surface area contributed by atoms with Gasteiger partial charge in [-0.3, -0.25) is 9.69 Å². The highest BCUT2D eigenvalue weighted by Gasteiger charge is 2.22. The minimum Gasteiger partial charge on any atom is -0.376 e. The van der Waals surface area contributed by atoms with Crippen molar-refractivity contribution in [3.63, 3.8) is 0 Å². The number of rotatable bonds is 4. The van der Waals surface area contributed by atoms with Crippen LogP contribution in [0, 0.1) is 0 Å². The van der Waals surface area contributed by atoms with Gasteiger partial charge in [0.15, 0.2) is 0 Å². The van der Waals surface area contributed by atoms with E-state index in [1.165, 1.54) is 0 Å². The van der Waals surface area contributed by atoms with Crippen LogP contribution in [0.15, 0.2) is 10.8 Å². The van der Waals surface area contributed by atoms with E-state index in [-0.39, 0.29) is 12.0 Å². The van der Waals surface area contributed by atoms with Crippen molar-refractivity contribution in [2.24, 2.45) is 0 Å². The molecule has 6 nitrogen and oxygen atoms in total. The molecule has 3 rings (SSSR count). The molecule has 1 fully saturated rings. The van der Waals surface area contributed by atoms with Crippen molar-refractivity contribution in [3.8, 4) is 0 Å². The predicted molar refractivity (Wildman–Crippen MR) is 67.5 cm³/mol. The molecular formula is C13H19N3O3. The normalized spacial score (nSPS) is 23.3. The molecule has 0 saturated carbocycles. The third-order valence-corrected chi connectivity index (χ3v) is 3.71. The Hall–Kier alpha value is -1.40. The second-order valence-electron chi connectivity index (χ2n) is 5.19. The molecule has 1 saturated heterocycles. The van der Waals surface area contributed by atoms with Gasteiger partial charge in [-0.15, -0.1) is 0 Å². The molecule has 0 bridgehead atoms. The van der Waals surface area contributed by atoms with Gasteiger partial charge in [0.1, 0.15) is 6.26 Å². The van der Waals surface area contributed by atoms with Crippen molar-refractivity contribution < 1.29 is 14.1 Å². The lowest BCUT2D eigenvalue weighted by Crippen LogP contribution is -2.41. The van der Waals surface area contributed by atoms with Crippen molar-refractivity contribution in [2.45, 2.75) is 31.9 Å². The van der Waals surface area contributed by atoms with E-state index < -0.39 is 0 Å². The highest BCUT2D eigenvalue weighted by molar-refractivity contribution is 5.78. The van der Waals surface area contributed by atoms with Crippen LogP contribution in [-0.2, 0) is 22.5 Å². The van der Waals surface area contributed by atoms with Crippen molar-refractivity contribution in [1.29, 1.82) is 0 Å². The van der Waals surface area contributed by atoms with E-state index in [1.54, 1.807) is 6.26 Å². The quantitative estimate of drug-likeness (QED) is 0.849. The van der Waals surface area contributed by atoms with Gasteiger partial charge in [0.05, 0.1) is 18.3 Å². The topological polar surface area (TPSA) is 67.6 Å². The van der Waals surface area contributed by atoms with Gasteiger partial charge in [-0.25, -0.2) is 0 Å². The number of aromatic nitrogens is 1. The van der Waals surface area contributed by atoms with Gasteiger partial charge in [-0.05, 0) is 12.8 Å². The van der Waals surface area contributed by atoms with Crippen LogP contribution in [0.3, 0.4) is 0 Å². The highest BCUT2D eigenvalue weighted by Crippen LogP contribution is 2.16. The molecule has 1 aromatic heterocycles. The van der Waals surface area contributed by atoms with Gasteiger partial charge in [-0.2, -0.15) is 0 Å². The SMILES string of the molecule is O=C(CN1CCc2nocc2C1)NCC1CCCO1. The number of nitrogens with one attached hydrogen (secondary N) is 1.